The van der Waals surface area contributed by atoms with Gasteiger partial charge < -0.3 is 14.4 Å². The summed E-state index contributed by atoms with van der Waals surface area (Å²) in [6.07, 6.45) is -0.0159. The highest BCUT2D eigenvalue weighted by atomic mass is 16.6. The molecule has 2 aliphatic rings. The molecule has 180 valence electrons. The summed E-state index contributed by atoms with van der Waals surface area (Å²) in [4.78, 5) is 42.4. The maximum Gasteiger partial charge on any atom is 0.410 e. The minimum Gasteiger partial charge on any atom is -0.497 e. The second-order valence-electron chi connectivity index (χ2n) is 9.69. The van der Waals surface area contributed by atoms with Gasteiger partial charge in [-0.25, -0.2) is 9.59 Å². The number of amides is 4. The van der Waals surface area contributed by atoms with E-state index in [-0.39, 0.29) is 36.9 Å². The summed E-state index contributed by atoms with van der Waals surface area (Å²) in [5.74, 6) is 0.791. The topological polar surface area (TPSA) is 79.4 Å². The molecule has 2 fully saturated rings. The van der Waals surface area contributed by atoms with Gasteiger partial charge in [-0.2, -0.15) is 0 Å². The minimum atomic E-state index is -0.507. The van der Waals surface area contributed by atoms with Crippen molar-refractivity contribution in [1.29, 1.82) is 0 Å². The van der Waals surface area contributed by atoms with Crippen molar-refractivity contribution < 1.29 is 23.9 Å². The Balaban J connectivity index is 1.38. The third kappa shape index (κ3) is 5.16. The van der Waals surface area contributed by atoms with Gasteiger partial charge in [0.05, 0.1) is 13.7 Å². The number of methoxy groups -OCH3 is 1. The van der Waals surface area contributed by atoms with Crippen LogP contribution < -0.4 is 9.64 Å². The quantitative estimate of drug-likeness (QED) is 0.654. The second kappa shape index (κ2) is 9.37. The van der Waals surface area contributed by atoms with Gasteiger partial charge in [0.25, 0.3) is 0 Å². The fourth-order valence-corrected chi connectivity index (χ4v) is 4.09. The Morgan fingerprint density at radius 3 is 2.24 bits per heavy atom. The van der Waals surface area contributed by atoms with Crippen molar-refractivity contribution in [2.45, 2.75) is 45.3 Å². The fraction of sp³-hybridized carbons (Fsp3) is 0.423. The molecule has 2 aliphatic heterocycles. The molecule has 2 aromatic carbocycles. The SMILES string of the molecule is COc1ccc(CN2C(=O)CCN(c3ccc(C4CN(C(=O)OC(C)(C)C)C4)cc3)C2=O)cc1. The number of likely N-dealkylation sites (tertiary alicyclic amines) is 1. The van der Waals surface area contributed by atoms with Gasteiger partial charge in [0.1, 0.15) is 11.4 Å². The molecule has 4 rings (SSSR count). The zero-order valence-electron chi connectivity index (χ0n) is 20.1. The molecule has 2 aromatic rings. The van der Waals surface area contributed by atoms with Crippen LogP contribution in [0.3, 0.4) is 0 Å². The van der Waals surface area contributed by atoms with Crippen LogP contribution in [0.1, 0.15) is 44.2 Å². The summed E-state index contributed by atoms with van der Waals surface area (Å²) < 4.78 is 10.6. The third-order valence-electron chi connectivity index (χ3n) is 6.02. The smallest absolute Gasteiger partial charge is 0.410 e. The lowest BCUT2D eigenvalue weighted by Crippen LogP contribution is -2.52. The summed E-state index contributed by atoms with van der Waals surface area (Å²) >= 11 is 0. The van der Waals surface area contributed by atoms with Crippen molar-refractivity contribution in [2.24, 2.45) is 0 Å². The molecule has 8 heteroatoms. The predicted octanol–water partition coefficient (Wildman–Crippen LogP) is 4.39. The summed E-state index contributed by atoms with van der Waals surface area (Å²) in [5.41, 5.74) is 2.22. The summed E-state index contributed by atoms with van der Waals surface area (Å²) in [7, 11) is 1.60. The number of ether oxygens (including phenoxy) is 2. The van der Waals surface area contributed by atoms with Gasteiger partial charge in [0, 0.05) is 37.7 Å². The maximum atomic E-state index is 13.1. The lowest BCUT2D eigenvalue weighted by molar-refractivity contribution is -0.129. The number of hydrogen-bond acceptors (Lipinski definition) is 5. The molecule has 0 atom stereocenters. The first-order chi connectivity index (χ1) is 16.1. The van der Waals surface area contributed by atoms with E-state index in [1.54, 1.807) is 16.9 Å². The Morgan fingerprint density at radius 1 is 1.00 bits per heavy atom. The number of carbonyl (C=O) groups excluding carboxylic acids is 3. The first-order valence-electron chi connectivity index (χ1n) is 11.5. The van der Waals surface area contributed by atoms with Crippen molar-refractivity contribution in [3.63, 3.8) is 0 Å². The molecular weight excluding hydrogens is 434 g/mol. The van der Waals surface area contributed by atoms with E-state index in [0.29, 0.717) is 19.6 Å². The van der Waals surface area contributed by atoms with E-state index in [1.165, 1.54) is 4.90 Å². The highest BCUT2D eigenvalue weighted by Gasteiger charge is 2.35. The Kier molecular flexibility index (Phi) is 6.50. The van der Waals surface area contributed by atoms with Crippen molar-refractivity contribution in [1.82, 2.24) is 9.80 Å². The largest absolute Gasteiger partial charge is 0.497 e. The summed E-state index contributed by atoms with van der Waals surface area (Å²) in [6.45, 7) is 7.37. The highest BCUT2D eigenvalue weighted by molar-refractivity contribution is 6.05. The average molecular weight is 466 g/mol. The van der Waals surface area contributed by atoms with E-state index in [4.69, 9.17) is 9.47 Å². The predicted molar refractivity (Wildman–Crippen MR) is 128 cm³/mol. The molecule has 0 bridgehead atoms. The molecule has 2 heterocycles. The number of imide groups is 1. The van der Waals surface area contributed by atoms with Crippen molar-refractivity contribution in [3.8, 4) is 5.75 Å². The lowest BCUT2D eigenvalue weighted by Gasteiger charge is -2.40. The van der Waals surface area contributed by atoms with Crippen LogP contribution in [0.15, 0.2) is 48.5 Å². The second-order valence-corrected chi connectivity index (χ2v) is 9.69. The first-order valence-corrected chi connectivity index (χ1v) is 11.5. The molecule has 0 N–H and O–H groups in total. The third-order valence-corrected chi connectivity index (χ3v) is 6.02. The Labute approximate surface area is 200 Å². The summed E-state index contributed by atoms with van der Waals surface area (Å²) in [6, 6.07) is 14.8. The number of rotatable bonds is 5. The van der Waals surface area contributed by atoms with Gasteiger partial charge in [-0.1, -0.05) is 24.3 Å². The number of nitrogens with zero attached hydrogens (tertiary/aromatic N) is 3. The van der Waals surface area contributed by atoms with Gasteiger partial charge in [-0.3, -0.25) is 14.6 Å². The lowest BCUT2D eigenvalue weighted by atomic mass is 9.91. The fourth-order valence-electron chi connectivity index (χ4n) is 4.09. The molecule has 34 heavy (non-hydrogen) atoms. The monoisotopic (exact) mass is 465 g/mol. The average Bonchev–Trinajstić information content (AvgIpc) is 2.75. The van der Waals surface area contributed by atoms with Gasteiger partial charge in [-0.15, -0.1) is 0 Å². The van der Waals surface area contributed by atoms with Crippen molar-refractivity contribution in [3.05, 3.63) is 59.7 Å². The minimum absolute atomic E-state index is 0.176. The van der Waals surface area contributed by atoms with E-state index in [1.807, 2.05) is 69.3 Å². The van der Waals surface area contributed by atoms with E-state index < -0.39 is 5.60 Å². The first kappa shape index (κ1) is 23.6. The van der Waals surface area contributed by atoms with Crippen LogP contribution in [-0.4, -0.2) is 60.2 Å². The molecule has 0 unspecified atom stereocenters. The van der Waals surface area contributed by atoms with E-state index in [0.717, 1.165) is 22.6 Å². The molecule has 2 saturated heterocycles. The number of hydrogen-bond donors (Lipinski definition) is 0. The molecule has 4 amide bonds. The zero-order chi connectivity index (χ0) is 24.5. The van der Waals surface area contributed by atoms with Crippen LogP contribution in [0.2, 0.25) is 0 Å². The molecular formula is C26H31N3O5. The molecule has 0 aromatic heterocycles. The van der Waals surface area contributed by atoms with Crippen LogP contribution in [-0.2, 0) is 16.1 Å². The Morgan fingerprint density at radius 2 is 1.65 bits per heavy atom. The summed E-state index contributed by atoms with van der Waals surface area (Å²) in [5, 5.41) is 0. The van der Waals surface area contributed by atoms with Crippen molar-refractivity contribution >= 4 is 23.7 Å². The number of benzene rings is 2. The van der Waals surface area contributed by atoms with E-state index in [9.17, 15) is 14.4 Å². The van der Waals surface area contributed by atoms with Crippen LogP contribution in [0, 0.1) is 0 Å². The Bertz CT molecular complexity index is 1050. The molecule has 0 radical (unpaired) electrons. The van der Waals surface area contributed by atoms with Gasteiger partial charge >= 0.3 is 12.1 Å². The number of urea groups is 1. The Hall–Kier alpha value is -3.55. The van der Waals surface area contributed by atoms with Crippen LogP contribution in [0.4, 0.5) is 15.3 Å². The van der Waals surface area contributed by atoms with Gasteiger partial charge in [0.2, 0.25) is 5.91 Å². The van der Waals surface area contributed by atoms with Crippen LogP contribution in [0.25, 0.3) is 0 Å². The van der Waals surface area contributed by atoms with E-state index >= 15 is 0 Å². The number of carbonyl (C=O) groups is 3. The number of anilines is 1. The van der Waals surface area contributed by atoms with Crippen LogP contribution in [0.5, 0.6) is 5.75 Å². The molecule has 8 nitrogen and oxygen atoms in total. The normalized spacial score (nSPS) is 17.0. The van der Waals surface area contributed by atoms with E-state index in [2.05, 4.69) is 0 Å². The molecule has 0 saturated carbocycles. The van der Waals surface area contributed by atoms with Gasteiger partial charge in [0.15, 0.2) is 0 Å². The van der Waals surface area contributed by atoms with Gasteiger partial charge in [-0.05, 0) is 56.2 Å². The molecule has 0 spiro atoms. The highest BCUT2D eigenvalue weighted by Crippen LogP contribution is 2.31. The maximum absolute atomic E-state index is 13.1. The molecule has 0 aliphatic carbocycles. The van der Waals surface area contributed by atoms with Crippen LogP contribution >= 0.6 is 0 Å². The standard InChI is InChI=1S/C26H31N3O5/c1-26(2,3)34-25(32)27-16-20(17-27)19-7-9-21(10-8-19)28-14-13-23(30)29(24(28)31)15-18-5-11-22(33-4)12-6-18/h5-12,20H,13-17H2,1-4H3. The zero-order valence-corrected chi connectivity index (χ0v) is 20.1. The van der Waals surface area contributed by atoms with Crippen molar-refractivity contribution in [2.75, 3.05) is 31.6 Å².